The molecule has 6 heteroatoms. The Morgan fingerprint density at radius 3 is 1.84 bits per heavy atom. The summed E-state index contributed by atoms with van der Waals surface area (Å²) in [5, 5.41) is 4.50. The van der Waals surface area contributed by atoms with Crippen molar-refractivity contribution in [2.45, 2.75) is 0 Å². The summed E-state index contributed by atoms with van der Waals surface area (Å²) in [6, 6.07) is 64.5. The van der Waals surface area contributed by atoms with E-state index in [9.17, 15) is 0 Å². The van der Waals surface area contributed by atoms with Gasteiger partial charge in [0.15, 0.2) is 17.5 Å². The first-order chi connectivity index (χ1) is 27.7. The number of rotatable bonds is 6. The molecule has 0 bridgehead atoms. The minimum absolute atomic E-state index is 0.499. The lowest BCUT2D eigenvalue weighted by Gasteiger charge is -2.11. The maximum absolute atomic E-state index is 6.46. The third-order valence-electron chi connectivity index (χ3n) is 10.5. The number of hydrogen-bond acceptors (Lipinski definition) is 5. The van der Waals surface area contributed by atoms with E-state index in [1.807, 2.05) is 91.0 Å². The number of aromatic nitrogens is 5. The molecule has 4 heterocycles. The van der Waals surface area contributed by atoms with Crippen molar-refractivity contribution in [2.24, 2.45) is 0 Å². The Morgan fingerprint density at radius 1 is 0.357 bits per heavy atom. The van der Waals surface area contributed by atoms with Gasteiger partial charge in [0, 0.05) is 38.2 Å². The molecule has 7 aromatic carbocycles. The molecule has 0 aliphatic carbocycles. The van der Waals surface area contributed by atoms with Crippen molar-refractivity contribution in [1.29, 1.82) is 0 Å². The van der Waals surface area contributed by atoms with Crippen LogP contribution in [-0.2, 0) is 0 Å². The maximum atomic E-state index is 6.46. The first-order valence-corrected chi connectivity index (χ1v) is 18.6. The molecule has 0 saturated heterocycles. The second kappa shape index (κ2) is 13.0. The summed E-state index contributed by atoms with van der Waals surface area (Å²) in [4.78, 5) is 20.4. The zero-order valence-electron chi connectivity index (χ0n) is 30.0. The molecule has 0 spiro atoms. The number of para-hydroxylation sites is 3. The van der Waals surface area contributed by atoms with Gasteiger partial charge in [-0.2, -0.15) is 0 Å². The number of furan rings is 1. The van der Waals surface area contributed by atoms with Crippen molar-refractivity contribution >= 4 is 43.7 Å². The first kappa shape index (κ1) is 31.8. The molecule has 0 saturated carbocycles. The van der Waals surface area contributed by atoms with Gasteiger partial charge in [0.05, 0.1) is 11.0 Å². The second-order valence-corrected chi connectivity index (χ2v) is 13.9. The fraction of sp³-hybridized carbons (Fsp3) is 0. The van der Waals surface area contributed by atoms with Crippen molar-refractivity contribution in [3.05, 3.63) is 188 Å². The Morgan fingerprint density at radius 2 is 0.982 bits per heavy atom. The van der Waals surface area contributed by atoms with Crippen LogP contribution in [-0.4, -0.2) is 24.5 Å². The maximum Gasteiger partial charge on any atom is 0.182 e. The van der Waals surface area contributed by atoms with E-state index in [-0.39, 0.29) is 0 Å². The van der Waals surface area contributed by atoms with Crippen molar-refractivity contribution in [3.63, 3.8) is 0 Å². The lowest BCUT2D eigenvalue weighted by Crippen LogP contribution is -2.03. The predicted octanol–water partition coefficient (Wildman–Crippen LogP) is 12.6. The van der Waals surface area contributed by atoms with Crippen LogP contribution < -0.4 is 0 Å². The zero-order chi connectivity index (χ0) is 37.0. The molecule has 0 N–H and O–H groups in total. The highest BCUT2D eigenvalue weighted by Gasteiger charge is 2.19. The highest BCUT2D eigenvalue weighted by Crippen LogP contribution is 2.39. The van der Waals surface area contributed by atoms with E-state index >= 15 is 0 Å². The SMILES string of the molecule is c1ccc(-c2cccc(-c3nc(-c4ccccc4)nc(-c4cccc(-n5c6ccccc6c6ccc(-c7cccc8c7oc7ccccc78)cc65)n4)n3)c2)cc1. The molecule has 11 rings (SSSR count). The van der Waals surface area contributed by atoms with E-state index in [1.165, 1.54) is 0 Å². The van der Waals surface area contributed by atoms with E-state index < -0.39 is 0 Å². The molecule has 0 unspecified atom stereocenters. The van der Waals surface area contributed by atoms with E-state index in [0.717, 1.165) is 82.9 Å². The molecule has 4 aromatic heterocycles. The van der Waals surface area contributed by atoms with Gasteiger partial charge in [-0.05, 0) is 53.1 Å². The van der Waals surface area contributed by atoms with Gasteiger partial charge in [-0.3, -0.25) is 4.57 Å². The normalized spacial score (nSPS) is 11.6. The third-order valence-corrected chi connectivity index (χ3v) is 10.5. The number of nitrogens with zero attached hydrogens (tertiary/aromatic N) is 5. The quantitative estimate of drug-likeness (QED) is 0.171. The predicted molar refractivity (Wildman–Crippen MR) is 226 cm³/mol. The highest BCUT2D eigenvalue weighted by atomic mass is 16.3. The van der Waals surface area contributed by atoms with E-state index in [2.05, 4.69) is 102 Å². The molecular formula is C50H31N5O. The van der Waals surface area contributed by atoms with E-state index in [0.29, 0.717) is 23.2 Å². The van der Waals surface area contributed by atoms with Crippen LogP contribution in [0.4, 0.5) is 0 Å². The summed E-state index contributed by atoms with van der Waals surface area (Å²) in [5.74, 6) is 2.44. The molecule has 0 aliphatic heterocycles. The molecule has 0 fully saturated rings. The van der Waals surface area contributed by atoms with Gasteiger partial charge >= 0.3 is 0 Å². The Bertz CT molecular complexity index is 3260. The topological polar surface area (TPSA) is 69.6 Å². The van der Waals surface area contributed by atoms with Crippen LogP contribution in [0.3, 0.4) is 0 Å². The molecule has 56 heavy (non-hydrogen) atoms. The molecule has 0 radical (unpaired) electrons. The summed E-state index contributed by atoms with van der Waals surface area (Å²) in [7, 11) is 0. The van der Waals surface area contributed by atoms with Crippen LogP contribution in [0.25, 0.3) is 106 Å². The van der Waals surface area contributed by atoms with Crippen molar-refractivity contribution in [1.82, 2.24) is 24.5 Å². The van der Waals surface area contributed by atoms with Crippen LogP contribution in [0, 0.1) is 0 Å². The molecule has 0 atom stereocenters. The minimum atomic E-state index is 0.499. The van der Waals surface area contributed by atoms with Crippen LogP contribution in [0.1, 0.15) is 0 Å². The molecule has 0 aliphatic rings. The van der Waals surface area contributed by atoms with E-state index in [4.69, 9.17) is 24.4 Å². The summed E-state index contributed by atoms with van der Waals surface area (Å²) >= 11 is 0. The van der Waals surface area contributed by atoms with Gasteiger partial charge in [-0.15, -0.1) is 0 Å². The Labute approximate surface area is 322 Å². The third kappa shape index (κ3) is 5.35. The largest absolute Gasteiger partial charge is 0.455 e. The number of benzene rings is 7. The summed E-state index contributed by atoms with van der Waals surface area (Å²) in [6.45, 7) is 0. The Kier molecular flexibility index (Phi) is 7.38. The van der Waals surface area contributed by atoms with Gasteiger partial charge in [-0.1, -0.05) is 152 Å². The first-order valence-electron chi connectivity index (χ1n) is 18.6. The molecule has 6 nitrogen and oxygen atoms in total. The fourth-order valence-electron chi connectivity index (χ4n) is 7.84. The average Bonchev–Trinajstić information content (AvgIpc) is 3.83. The fourth-order valence-corrected chi connectivity index (χ4v) is 7.84. The van der Waals surface area contributed by atoms with E-state index in [1.54, 1.807) is 0 Å². The van der Waals surface area contributed by atoms with Gasteiger partial charge in [-0.25, -0.2) is 19.9 Å². The van der Waals surface area contributed by atoms with Gasteiger partial charge in [0.1, 0.15) is 22.7 Å². The summed E-state index contributed by atoms with van der Waals surface area (Å²) in [6.07, 6.45) is 0. The zero-order valence-corrected chi connectivity index (χ0v) is 30.0. The lowest BCUT2D eigenvalue weighted by molar-refractivity contribution is 0.670. The lowest BCUT2D eigenvalue weighted by atomic mass is 10.0. The van der Waals surface area contributed by atoms with Crippen LogP contribution in [0.2, 0.25) is 0 Å². The van der Waals surface area contributed by atoms with Crippen LogP contribution in [0.15, 0.2) is 192 Å². The monoisotopic (exact) mass is 717 g/mol. The van der Waals surface area contributed by atoms with Crippen LogP contribution in [0.5, 0.6) is 0 Å². The number of fused-ring (bicyclic) bond motifs is 6. The van der Waals surface area contributed by atoms with Crippen LogP contribution >= 0.6 is 0 Å². The number of pyridine rings is 1. The summed E-state index contributed by atoms with van der Waals surface area (Å²) < 4.78 is 8.70. The van der Waals surface area contributed by atoms with Crippen molar-refractivity contribution in [2.75, 3.05) is 0 Å². The molecule has 262 valence electrons. The average molecular weight is 718 g/mol. The van der Waals surface area contributed by atoms with Crippen molar-refractivity contribution in [3.8, 4) is 62.4 Å². The smallest absolute Gasteiger partial charge is 0.182 e. The Hall–Kier alpha value is -7.70. The van der Waals surface area contributed by atoms with Gasteiger partial charge in [0.2, 0.25) is 0 Å². The Balaban J connectivity index is 1.08. The minimum Gasteiger partial charge on any atom is -0.455 e. The molecular weight excluding hydrogens is 687 g/mol. The van der Waals surface area contributed by atoms with Gasteiger partial charge in [0.25, 0.3) is 0 Å². The van der Waals surface area contributed by atoms with Crippen molar-refractivity contribution < 1.29 is 4.42 Å². The standard InChI is InChI=1S/C50H31N5O/c1-3-14-32(15-4-1)34-18-11-19-36(30-34)49-52-48(33-16-5-2-6-17-33)53-50(54-49)42-24-13-27-46(51-42)55-43-25-9-7-20-38(43)39-29-28-35(31-44(39)55)37-22-12-23-41-40-21-8-10-26-45(40)56-47(37)41/h1-31H. The van der Waals surface area contributed by atoms with Gasteiger partial charge < -0.3 is 4.42 Å². The molecule has 11 aromatic rings. The molecule has 0 amide bonds. The number of hydrogen-bond donors (Lipinski definition) is 0. The highest BCUT2D eigenvalue weighted by molar-refractivity contribution is 6.12. The summed E-state index contributed by atoms with van der Waals surface area (Å²) in [5.41, 5.74) is 10.6. The second-order valence-electron chi connectivity index (χ2n) is 13.9.